The van der Waals surface area contributed by atoms with E-state index in [-0.39, 0.29) is 24.5 Å². The van der Waals surface area contributed by atoms with Crippen molar-refractivity contribution >= 4 is 17.5 Å². The van der Waals surface area contributed by atoms with Crippen LogP contribution in [0.5, 0.6) is 0 Å². The largest absolute Gasteiger partial charge is 0.394 e. The first-order valence-electron chi connectivity index (χ1n) is 6.92. The maximum absolute atomic E-state index is 12.2. The normalized spacial score (nSPS) is 12.8. The third kappa shape index (κ3) is 5.10. The second kappa shape index (κ2) is 7.60. The Morgan fingerprint density at radius 3 is 2.50 bits per heavy atom. The molecule has 2 N–H and O–H groups in total. The number of amides is 1. The highest BCUT2D eigenvalue weighted by Crippen LogP contribution is 2.18. The molecule has 0 fully saturated rings. The van der Waals surface area contributed by atoms with Crippen LogP contribution >= 0.6 is 11.6 Å². The van der Waals surface area contributed by atoms with E-state index in [1.165, 1.54) is 0 Å². The van der Waals surface area contributed by atoms with Crippen molar-refractivity contribution in [2.24, 2.45) is 5.92 Å². The van der Waals surface area contributed by atoms with Crippen LogP contribution in [-0.4, -0.2) is 28.6 Å². The molecule has 0 saturated carbocycles. The Morgan fingerprint density at radius 2 is 2.00 bits per heavy atom. The molecule has 1 aromatic rings. The first-order chi connectivity index (χ1) is 9.33. The summed E-state index contributed by atoms with van der Waals surface area (Å²) in [5, 5.41) is 12.5. The quantitative estimate of drug-likeness (QED) is 0.794. The number of halogens is 1. The van der Waals surface area contributed by atoms with E-state index in [1.807, 2.05) is 13.8 Å². The van der Waals surface area contributed by atoms with Crippen LogP contribution in [0.3, 0.4) is 0 Å². The van der Waals surface area contributed by atoms with E-state index in [0.717, 1.165) is 12.1 Å². The predicted molar refractivity (Wildman–Crippen MR) is 81.1 cm³/mol. The fourth-order valence-corrected chi connectivity index (χ4v) is 2.18. The molecule has 0 spiro atoms. The first-order valence-corrected chi connectivity index (χ1v) is 7.30. The van der Waals surface area contributed by atoms with Crippen LogP contribution in [0.25, 0.3) is 0 Å². The molecule has 5 heteroatoms. The second-order valence-electron chi connectivity index (χ2n) is 5.74. The number of carbonyl (C=O) groups excluding carboxylic acids is 1. The number of aliphatic hydroxyl groups is 1. The van der Waals surface area contributed by atoms with Gasteiger partial charge in [0.05, 0.1) is 12.6 Å². The fourth-order valence-electron chi connectivity index (χ4n) is 1.96. The number of rotatable bonds is 6. The fraction of sp³-hybridized carbons (Fsp3) is 0.600. The van der Waals surface area contributed by atoms with E-state index in [9.17, 15) is 9.90 Å². The summed E-state index contributed by atoms with van der Waals surface area (Å²) in [5.41, 5.74) is 1.27. The minimum atomic E-state index is -0.239. The van der Waals surface area contributed by atoms with Gasteiger partial charge in [-0.25, -0.2) is 4.98 Å². The Morgan fingerprint density at radius 1 is 1.35 bits per heavy atom. The smallest absolute Gasteiger partial charge is 0.251 e. The molecule has 0 saturated heterocycles. The van der Waals surface area contributed by atoms with Gasteiger partial charge in [0.1, 0.15) is 5.15 Å². The van der Waals surface area contributed by atoms with Gasteiger partial charge in [0.2, 0.25) is 0 Å². The summed E-state index contributed by atoms with van der Waals surface area (Å²) < 4.78 is 0. The molecule has 20 heavy (non-hydrogen) atoms. The highest BCUT2D eigenvalue weighted by Gasteiger charge is 2.16. The van der Waals surface area contributed by atoms with Gasteiger partial charge < -0.3 is 10.4 Å². The first kappa shape index (κ1) is 16.9. The molecule has 0 aromatic carbocycles. The molecule has 0 aliphatic carbocycles. The van der Waals surface area contributed by atoms with Crippen molar-refractivity contribution in [1.29, 1.82) is 0 Å². The number of nitrogens with one attached hydrogen (secondary N) is 1. The maximum atomic E-state index is 12.2. The maximum Gasteiger partial charge on any atom is 0.251 e. The molecule has 1 rings (SSSR count). The number of nitrogens with zero attached hydrogens (tertiary/aromatic N) is 1. The van der Waals surface area contributed by atoms with Gasteiger partial charge in [-0.2, -0.15) is 0 Å². The molecule has 1 heterocycles. The third-order valence-electron chi connectivity index (χ3n) is 2.98. The lowest BCUT2D eigenvalue weighted by atomic mass is 10.0. The Hall–Kier alpha value is -1.13. The van der Waals surface area contributed by atoms with Gasteiger partial charge in [-0.1, -0.05) is 39.3 Å². The molecule has 0 aliphatic rings. The van der Waals surface area contributed by atoms with Gasteiger partial charge in [0.25, 0.3) is 5.91 Å². The van der Waals surface area contributed by atoms with E-state index < -0.39 is 0 Å². The van der Waals surface area contributed by atoms with Crippen molar-refractivity contribution in [2.45, 2.75) is 46.1 Å². The number of carbonyl (C=O) groups is 1. The van der Waals surface area contributed by atoms with Crippen LogP contribution in [0.15, 0.2) is 12.1 Å². The summed E-state index contributed by atoms with van der Waals surface area (Å²) in [6.07, 6.45) is 0.734. The average Bonchev–Trinajstić information content (AvgIpc) is 2.36. The second-order valence-corrected chi connectivity index (χ2v) is 6.13. The average molecular weight is 299 g/mol. The minimum absolute atomic E-state index is 0.0697. The monoisotopic (exact) mass is 298 g/mol. The summed E-state index contributed by atoms with van der Waals surface area (Å²) in [6.45, 7) is 8.02. The van der Waals surface area contributed by atoms with Crippen LogP contribution in [0, 0.1) is 5.92 Å². The molecule has 1 aromatic heterocycles. The number of aromatic nitrogens is 1. The van der Waals surface area contributed by atoms with Crippen molar-refractivity contribution in [3.8, 4) is 0 Å². The SMILES string of the molecule is CC(C)CC(CO)NC(=O)c1cc(Cl)nc(C(C)C)c1. The van der Waals surface area contributed by atoms with Gasteiger partial charge in [0.15, 0.2) is 0 Å². The van der Waals surface area contributed by atoms with Crippen LogP contribution in [-0.2, 0) is 0 Å². The molecule has 4 nitrogen and oxygen atoms in total. The highest BCUT2D eigenvalue weighted by atomic mass is 35.5. The predicted octanol–water partition coefficient (Wildman–Crippen LogP) is 3.00. The lowest BCUT2D eigenvalue weighted by Crippen LogP contribution is -2.38. The van der Waals surface area contributed by atoms with Gasteiger partial charge in [-0.05, 0) is 30.4 Å². The van der Waals surface area contributed by atoms with Crippen molar-refractivity contribution in [2.75, 3.05) is 6.61 Å². The Bertz CT molecular complexity index is 461. The topological polar surface area (TPSA) is 62.2 Å². The zero-order valence-corrected chi connectivity index (χ0v) is 13.2. The van der Waals surface area contributed by atoms with E-state index >= 15 is 0 Å². The Balaban J connectivity index is 2.86. The molecular weight excluding hydrogens is 276 g/mol. The van der Waals surface area contributed by atoms with Crippen LogP contribution < -0.4 is 5.32 Å². The minimum Gasteiger partial charge on any atom is -0.394 e. The molecular formula is C15H23ClN2O2. The zero-order chi connectivity index (χ0) is 15.3. The zero-order valence-electron chi connectivity index (χ0n) is 12.5. The molecule has 112 valence electrons. The lowest BCUT2D eigenvalue weighted by Gasteiger charge is -2.18. The summed E-state index contributed by atoms with van der Waals surface area (Å²) in [6, 6.07) is 3.05. The van der Waals surface area contributed by atoms with Crippen molar-refractivity contribution in [1.82, 2.24) is 10.3 Å². The summed E-state index contributed by atoms with van der Waals surface area (Å²) >= 11 is 5.95. The van der Waals surface area contributed by atoms with Crippen LogP contribution in [0.1, 0.15) is 56.1 Å². The number of aliphatic hydroxyl groups excluding tert-OH is 1. The van der Waals surface area contributed by atoms with Crippen molar-refractivity contribution in [3.63, 3.8) is 0 Å². The third-order valence-corrected chi connectivity index (χ3v) is 3.17. The number of hydrogen-bond donors (Lipinski definition) is 2. The number of pyridine rings is 1. The summed E-state index contributed by atoms with van der Waals surface area (Å²) in [4.78, 5) is 16.4. The molecule has 1 unspecified atom stereocenters. The molecule has 1 atom stereocenters. The molecule has 0 aliphatic heterocycles. The van der Waals surface area contributed by atoms with Gasteiger partial charge in [-0.15, -0.1) is 0 Å². The van der Waals surface area contributed by atoms with Crippen molar-refractivity contribution < 1.29 is 9.90 Å². The molecule has 0 bridgehead atoms. The van der Waals surface area contributed by atoms with Gasteiger partial charge in [-0.3, -0.25) is 4.79 Å². The Kier molecular flexibility index (Phi) is 6.43. The van der Waals surface area contributed by atoms with Crippen LogP contribution in [0.2, 0.25) is 5.15 Å². The Labute approximate surface area is 125 Å². The standard InChI is InChI=1S/C15H23ClN2O2/c1-9(2)5-12(8-19)17-15(20)11-6-13(10(3)4)18-14(16)7-11/h6-7,9-10,12,19H,5,8H2,1-4H3,(H,17,20). The van der Waals surface area contributed by atoms with Crippen LogP contribution in [0.4, 0.5) is 0 Å². The summed E-state index contributed by atoms with van der Waals surface area (Å²) in [7, 11) is 0. The van der Waals surface area contributed by atoms with Gasteiger partial charge in [0, 0.05) is 11.3 Å². The molecule has 0 radical (unpaired) electrons. The van der Waals surface area contributed by atoms with Crippen molar-refractivity contribution in [3.05, 3.63) is 28.5 Å². The highest BCUT2D eigenvalue weighted by molar-refractivity contribution is 6.29. The van der Waals surface area contributed by atoms with Gasteiger partial charge >= 0.3 is 0 Å². The van der Waals surface area contributed by atoms with E-state index in [0.29, 0.717) is 16.6 Å². The van der Waals surface area contributed by atoms with E-state index in [2.05, 4.69) is 24.1 Å². The van der Waals surface area contributed by atoms with E-state index in [4.69, 9.17) is 11.6 Å². The summed E-state index contributed by atoms with van der Waals surface area (Å²) in [5.74, 6) is 0.375. The van der Waals surface area contributed by atoms with E-state index in [1.54, 1.807) is 12.1 Å². The number of hydrogen-bond acceptors (Lipinski definition) is 3. The lowest BCUT2D eigenvalue weighted by molar-refractivity contribution is 0.0908. The molecule has 1 amide bonds.